The molecule has 0 saturated heterocycles. The van der Waals surface area contributed by atoms with Crippen LogP contribution in [-0.2, 0) is 16.1 Å². The number of aromatic nitrogens is 1. The van der Waals surface area contributed by atoms with Gasteiger partial charge in [-0.05, 0) is 42.5 Å². The molecule has 0 amide bonds. The molecule has 0 unspecified atom stereocenters. The SMILES string of the molecule is C[C@@H](CC(=O)[C@]1(F)CC[C@](O)(CO)c2ncccc21)c1ccc(F)cc1Cl. The topological polar surface area (TPSA) is 70.4 Å². The van der Waals surface area contributed by atoms with Gasteiger partial charge in [-0.2, -0.15) is 0 Å². The molecule has 4 nitrogen and oxygen atoms in total. The Morgan fingerprint density at radius 2 is 2.11 bits per heavy atom. The van der Waals surface area contributed by atoms with E-state index in [1.807, 2.05) is 0 Å². The number of hydrogen-bond acceptors (Lipinski definition) is 4. The molecule has 1 aliphatic carbocycles. The van der Waals surface area contributed by atoms with E-state index in [4.69, 9.17) is 11.6 Å². The van der Waals surface area contributed by atoms with Crippen LogP contribution in [0.2, 0.25) is 5.02 Å². The van der Waals surface area contributed by atoms with Crippen molar-refractivity contribution >= 4 is 17.4 Å². The van der Waals surface area contributed by atoms with Crippen molar-refractivity contribution in [2.75, 3.05) is 6.61 Å². The summed E-state index contributed by atoms with van der Waals surface area (Å²) in [6.45, 7) is 1.11. The Morgan fingerprint density at radius 1 is 1.37 bits per heavy atom. The van der Waals surface area contributed by atoms with Crippen LogP contribution in [0.4, 0.5) is 8.78 Å². The smallest absolute Gasteiger partial charge is 0.195 e. The zero-order chi connectivity index (χ0) is 19.8. The predicted molar refractivity (Wildman–Crippen MR) is 96.7 cm³/mol. The van der Waals surface area contributed by atoms with Gasteiger partial charge in [-0.25, -0.2) is 8.78 Å². The second-order valence-corrected chi connectivity index (χ2v) is 7.49. The van der Waals surface area contributed by atoms with Crippen LogP contribution in [0.15, 0.2) is 36.5 Å². The number of aliphatic hydroxyl groups excluding tert-OH is 1. The highest BCUT2D eigenvalue weighted by Crippen LogP contribution is 2.46. The molecule has 2 N–H and O–H groups in total. The third-order valence-corrected chi connectivity index (χ3v) is 5.57. The zero-order valence-corrected chi connectivity index (χ0v) is 15.5. The summed E-state index contributed by atoms with van der Waals surface area (Å²) in [6.07, 6.45) is 0.858. The van der Waals surface area contributed by atoms with E-state index < -0.39 is 35.4 Å². The van der Waals surface area contributed by atoms with Crippen molar-refractivity contribution in [3.05, 3.63) is 64.2 Å². The number of benzene rings is 1. The molecular formula is C20H20ClF2NO3. The van der Waals surface area contributed by atoms with E-state index in [9.17, 15) is 19.4 Å². The van der Waals surface area contributed by atoms with Gasteiger partial charge >= 0.3 is 0 Å². The number of rotatable bonds is 5. The average Bonchev–Trinajstić information content (AvgIpc) is 2.65. The Balaban J connectivity index is 1.91. The number of carbonyl (C=O) groups excluding carboxylic acids is 1. The number of alkyl halides is 1. The van der Waals surface area contributed by atoms with E-state index in [2.05, 4.69) is 4.98 Å². The van der Waals surface area contributed by atoms with Crippen LogP contribution in [0.1, 0.15) is 48.9 Å². The van der Waals surface area contributed by atoms with Crippen LogP contribution in [0.3, 0.4) is 0 Å². The van der Waals surface area contributed by atoms with Crippen LogP contribution >= 0.6 is 11.6 Å². The number of carbonyl (C=O) groups is 1. The number of ketones is 1. The second kappa shape index (κ2) is 7.26. The highest BCUT2D eigenvalue weighted by molar-refractivity contribution is 6.31. The number of aliphatic hydroxyl groups is 2. The highest BCUT2D eigenvalue weighted by Gasteiger charge is 2.51. The molecule has 0 bridgehead atoms. The molecule has 2 aromatic rings. The molecule has 3 rings (SSSR count). The molecule has 27 heavy (non-hydrogen) atoms. The third-order valence-electron chi connectivity index (χ3n) is 5.25. The minimum absolute atomic E-state index is 0.0120. The molecule has 7 heteroatoms. The molecule has 3 atom stereocenters. The lowest BCUT2D eigenvalue weighted by atomic mass is 9.72. The molecule has 1 heterocycles. The molecule has 0 fully saturated rings. The van der Waals surface area contributed by atoms with Crippen LogP contribution in [0.25, 0.3) is 0 Å². The number of hydrogen-bond donors (Lipinski definition) is 2. The first kappa shape index (κ1) is 19.9. The third kappa shape index (κ3) is 3.49. The van der Waals surface area contributed by atoms with E-state index in [0.29, 0.717) is 5.56 Å². The molecule has 0 radical (unpaired) electrons. The molecule has 0 saturated carbocycles. The maximum absolute atomic E-state index is 15.8. The minimum Gasteiger partial charge on any atom is -0.393 e. The lowest BCUT2D eigenvalue weighted by molar-refractivity contribution is -0.136. The van der Waals surface area contributed by atoms with E-state index in [1.165, 1.54) is 30.5 Å². The minimum atomic E-state index is -2.31. The van der Waals surface area contributed by atoms with Crippen molar-refractivity contribution in [3.63, 3.8) is 0 Å². The largest absolute Gasteiger partial charge is 0.393 e. The highest BCUT2D eigenvalue weighted by atomic mass is 35.5. The summed E-state index contributed by atoms with van der Waals surface area (Å²) in [7, 11) is 0. The van der Waals surface area contributed by atoms with Crippen molar-refractivity contribution < 1.29 is 23.8 Å². The van der Waals surface area contributed by atoms with Gasteiger partial charge < -0.3 is 10.2 Å². The quantitative estimate of drug-likeness (QED) is 0.808. The number of nitrogens with zero attached hydrogens (tertiary/aromatic N) is 1. The fourth-order valence-corrected chi connectivity index (χ4v) is 3.98. The molecule has 0 spiro atoms. The normalized spacial score (nSPS) is 25.7. The van der Waals surface area contributed by atoms with Crippen LogP contribution in [0, 0.1) is 5.82 Å². The second-order valence-electron chi connectivity index (χ2n) is 7.08. The first-order valence-corrected chi connectivity index (χ1v) is 9.05. The van der Waals surface area contributed by atoms with E-state index in [-0.39, 0.29) is 35.5 Å². The number of pyridine rings is 1. The van der Waals surface area contributed by atoms with Crippen LogP contribution < -0.4 is 0 Å². The summed E-state index contributed by atoms with van der Waals surface area (Å²) >= 11 is 6.05. The molecule has 1 aliphatic rings. The summed E-state index contributed by atoms with van der Waals surface area (Å²) < 4.78 is 29.0. The Labute approximate surface area is 160 Å². The standard InChI is InChI=1S/C20H20ClF2NO3/c1-12(14-5-4-13(22)10-16(14)21)9-17(26)20(23)7-6-19(27,11-25)18-15(20)3-2-8-24-18/h2-5,8,10,12,25,27H,6-7,9,11H2,1H3/t12-,19-,20-/m0/s1. The molecule has 0 aliphatic heterocycles. The average molecular weight is 396 g/mol. The summed E-state index contributed by atoms with van der Waals surface area (Å²) in [5.41, 5.74) is -3.45. The van der Waals surface area contributed by atoms with Crippen molar-refractivity contribution in [1.82, 2.24) is 4.98 Å². The van der Waals surface area contributed by atoms with Gasteiger partial charge in [0.1, 0.15) is 11.4 Å². The molecule has 1 aromatic carbocycles. The summed E-state index contributed by atoms with van der Waals surface area (Å²) in [5.74, 6) is -1.57. The van der Waals surface area contributed by atoms with Crippen LogP contribution in [-0.4, -0.2) is 27.6 Å². The Kier molecular flexibility index (Phi) is 5.34. The summed E-state index contributed by atoms with van der Waals surface area (Å²) in [6, 6.07) is 6.79. The van der Waals surface area contributed by atoms with Crippen molar-refractivity contribution in [1.29, 1.82) is 0 Å². The monoisotopic (exact) mass is 395 g/mol. The number of halogens is 3. The van der Waals surface area contributed by atoms with Gasteiger partial charge in [0.15, 0.2) is 11.5 Å². The first-order chi connectivity index (χ1) is 12.7. The molecule has 144 valence electrons. The lowest BCUT2D eigenvalue weighted by Gasteiger charge is -2.39. The maximum Gasteiger partial charge on any atom is 0.195 e. The van der Waals surface area contributed by atoms with Gasteiger partial charge in [-0.3, -0.25) is 9.78 Å². The van der Waals surface area contributed by atoms with Crippen LogP contribution in [0.5, 0.6) is 0 Å². The van der Waals surface area contributed by atoms with Gasteiger partial charge in [0.05, 0.1) is 12.3 Å². The van der Waals surface area contributed by atoms with E-state index in [0.717, 1.165) is 6.07 Å². The number of fused-ring (bicyclic) bond motifs is 1. The number of Topliss-reactive ketones (excluding diaryl/α,β-unsaturated/α-hetero) is 1. The Hall–Kier alpha value is -1.89. The van der Waals surface area contributed by atoms with Gasteiger partial charge in [0.2, 0.25) is 0 Å². The van der Waals surface area contributed by atoms with E-state index in [1.54, 1.807) is 6.92 Å². The van der Waals surface area contributed by atoms with Crippen molar-refractivity contribution in [2.24, 2.45) is 0 Å². The first-order valence-electron chi connectivity index (χ1n) is 8.67. The molecule has 1 aromatic heterocycles. The summed E-state index contributed by atoms with van der Waals surface area (Å²) in [4.78, 5) is 16.9. The van der Waals surface area contributed by atoms with Gasteiger partial charge in [0.25, 0.3) is 0 Å². The predicted octanol–water partition coefficient (Wildman–Crippen LogP) is 3.78. The zero-order valence-electron chi connectivity index (χ0n) is 14.8. The fourth-order valence-electron chi connectivity index (χ4n) is 3.62. The van der Waals surface area contributed by atoms with Crippen molar-refractivity contribution in [2.45, 2.75) is 43.4 Å². The summed E-state index contributed by atoms with van der Waals surface area (Å²) in [5, 5.41) is 20.2. The van der Waals surface area contributed by atoms with Gasteiger partial charge in [0, 0.05) is 23.2 Å². The van der Waals surface area contributed by atoms with Crippen molar-refractivity contribution in [3.8, 4) is 0 Å². The van der Waals surface area contributed by atoms with Gasteiger partial charge in [-0.1, -0.05) is 30.7 Å². The fraction of sp³-hybridized carbons (Fsp3) is 0.400. The maximum atomic E-state index is 15.8. The Bertz CT molecular complexity index is 878. The Morgan fingerprint density at radius 3 is 2.78 bits per heavy atom. The van der Waals surface area contributed by atoms with E-state index >= 15 is 4.39 Å². The lowest BCUT2D eigenvalue weighted by Crippen LogP contribution is -2.45. The van der Waals surface area contributed by atoms with Gasteiger partial charge in [-0.15, -0.1) is 0 Å². The molecular weight excluding hydrogens is 376 g/mol.